The molecule has 0 saturated carbocycles. The van der Waals surface area contributed by atoms with Crippen molar-refractivity contribution in [1.29, 1.82) is 0 Å². The molecule has 0 bridgehead atoms. The highest BCUT2D eigenvalue weighted by Crippen LogP contribution is 2.19. The molecule has 0 atom stereocenters. The van der Waals surface area contributed by atoms with Gasteiger partial charge < -0.3 is 5.73 Å². The third kappa shape index (κ3) is 3.02. The van der Waals surface area contributed by atoms with Crippen LogP contribution in [-0.4, -0.2) is 43.1 Å². The lowest BCUT2D eigenvalue weighted by Crippen LogP contribution is -2.53. The number of nitrogens with zero attached hydrogens (tertiary/aromatic N) is 2. The predicted molar refractivity (Wildman–Crippen MR) is 65.8 cm³/mol. The van der Waals surface area contributed by atoms with Gasteiger partial charge in [0, 0.05) is 25.5 Å². The number of hydrogen-bond donors (Lipinski definition) is 1. The van der Waals surface area contributed by atoms with Crippen LogP contribution < -0.4 is 5.73 Å². The van der Waals surface area contributed by atoms with Crippen molar-refractivity contribution in [3.05, 3.63) is 30.1 Å². The topological polar surface area (TPSA) is 76.3 Å². The Labute approximate surface area is 102 Å². The number of pyridine rings is 1. The van der Waals surface area contributed by atoms with E-state index in [0.29, 0.717) is 32.0 Å². The summed E-state index contributed by atoms with van der Waals surface area (Å²) in [5.41, 5.74) is 6.48. The van der Waals surface area contributed by atoms with E-state index in [-0.39, 0.29) is 5.75 Å². The van der Waals surface area contributed by atoms with Crippen LogP contribution in [0.1, 0.15) is 5.56 Å². The molecule has 1 fully saturated rings. The SMILES string of the molecule is NCC1CN(S(=O)(=O)CCc2ccncc2)C1. The fourth-order valence-corrected chi connectivity index (χ4v) is 3.45. The van der Waals surface area contributed by atoms with Gasteiger partial charge >= 0.3 is 0 Å². The lowest BCUT2D eigenvalue weighted by molar-refractivity contribution is 0.207. The summed E-state index contributed by atoms with van der Waals surface area (Å²) in [4.78, 5) is 3.90. The summed E-state index contributed by atoms with van der Waals surface area (Å²) in [5.74, 6) is 0.500. The molecule has 2 heterocycles. The van der Waals surface area contributed by atoms with Crippen molar-refractivity contribution in [2.75, 3.05) is 25.4 Å². The number of hydrogen-bond acceptors (Lipinski definition) is 4. The Balaban J connectivity index is 1.87. The van der Waals surface area contributed by atoms with Gasteiger partial charge in [-0.15, -0.1) is 0 Å². The molecule has 94 valence electrons. The third-order valence-corrected chi connectivity index (χ3v) is 4.85. The second-order valence-electron chi connectivity index (χ2n) is 4.34. The summed E-state index contributed by atoms with van der Waals surface area (Å²) in [7, 11) is -3.11. The first-order valence-electron chi connectivity index (χ1n) is 5.68. The molecule has 0 radical (unpaired) electrons. The molecule has 17 heavy (non-hydrogen) atoms. The maximum Gasteiger partial charge on any atom is 0.214 e. The average molecular weight is 255 g/mol. The van der Waals surface area contributed by atoms with Gasteiger partial charge in [-0.1, -0.05) is 0 Å². The molecule has 2 N–H and O–H groups in total. The Morgan fingerprint density at radius 1 is 1.35 bits per heavy atom. The normalized spacial score (nSPS) is 17.9. The van der Waals surface area contributed by atoms with E-state index in [0.717, 1.165) is 5.56 Å². The van der Waals surface area contributed by atoms with Crippen LogP contribution in [-0.2, 0) is 16.4 Å². The molecule has 0 aliphatic carbocycles. The molecule has 1 saturated heterocycles. The fourth-order valence-electron chi connectivity index (χ4n) is 1.82. The second kappa shape index (κ2) is 5.12. The van der Waals surface area contributed by atoms with Crippen LogP contribution in [0, 0.1) is 5.92 Å². The molecule has 1 aromatic rings. The van der Waals surface area contributed by atoms with Gasteiger partial charge in [0.15, 0.2) is 0 Å². The van der Waals surface area contributed by atoms with Gasteiger partial charge in [-0.2, -0.15) is 0 Å². The molecule has 5 nitrogen and oxygen atoms in total. The zero-order valence-electron chi connectivity index (χ0n) is 9.62. The van der Waals surface area contributed by atoms with Gasteiger partial charge in [-0.05, 0) is 36.6 Å². The Hall–Kier alpha value is -0.980. The number of aromatic nitrogens is 1. The summed E-state index contributed by atoms with van der Waals surface area (Å²) in [5, 5.41) is 0. The van der Waals surface area contributed by atoms with E-state index < -0.39 is 10.0 Å². The first-order valence-corrected chi connectivity index (χ1v) is 7.29. The molecule has 1 aliphatic rings. The Morgan fingerprint density at radius 3 is 2.59 bits per heavy atom. The molecular weight excluding hydrogens is 238 g/mol. The van der Waals surface area contributed by atoms with Crippen molar-refractivity contribution in [1.82, 2.24) is 9.29 Å². The average Bonchev–Trinajstić information content (AvgIpc) is 2.26. The first-order chi connectivity index (χ1) is 8.12. The molecule has 1 aromatic heterocycles. The van der Waals surface area contributed by atoms with Gasteiger partial charge in [0.2, 0.25) is 10.0 Å². The van der Waals surface area contributed by atoms with Crippen LogP contribution in [0.5, 0.6) is 0 Å². The van der Waals surface area contributed by atoms with Crippen molar-refractivity contribution in [3.8, 4) is 0 Å². The summed E-state index contributed by atoms with van der Waals surface area (Å²) >= 11 is 0. The quantitative estimate of drug-likeness (QED) is 0.793. The highest BCUT2D eigenvalue weighted by Gasteiger charge is 2.34. The van der Waals surface area contributed by atoms with Crippen LogP contribution in [0.4, 0.5) is 0 Å². The van der Waals surface area contributed by atoms with E-state index in [1.54, 1.807) is 12.4 Å². The Morgan fingerprint density at radius 2 is 2.00 bits per heavy atom. The minimum absolute atomic E-state index is 0.161. The first kappa shape index (κ1) is 12.5. The second-order valence-corrected chi connectivity index (χ2v) is 6.43. The maximum atomic E-state index is 11.9. The van der Waals surface area contributed by atoms with Crippen molar-refractivity contribution in [2.45, 2.75) is 6.42 Å². The molecule has 0 amide bonds. The van der Waals surface area contributed by atoms with Crippen LogP contribution in [0.15, 0.2) is 24.5 Å². The third-order valence-electron chi connectivity index (χ3n) is 3.05. The van der Waals surface area contributed by atoms with Gasteiger partial charge in [0.1, 0.15) is 0 Å². The lowest BCUT2D eigenvalue weighted by Gasteiger charge is -2.37. The molecule has 1 aliphatic heterocycles. The Kier molecular flexibility index (Phi) is 3.76. The van der Waals surface area contributed by atoms with Crippen LogP contribution in [0.2, 0.25) is 0 Å². The van der Waals surface area contributed by atoms with Gasteiger partial charge in [-0.3, -0.25) is 4.98 Å². The molecule has 6 heteroatoms. The fraction of sp³-hybridized carbons (Fsp3) is 0.545. The predicted octanol–water partition coefficient (Wildman–Crippen LogP) is -0.156. The minimum Gasteiger partial charge on any atom is -0.330 e. The van der Waals surface area contributed by atoms with E-state index in [2.05, 4.69) is 4.98 Å². The summed E-state index contributed by atoms with van der Waals surface area (Å²) in [6, 6.07) is 3.68. The standard InChI is InChI=1S/C11H17N3O2S/c12-7-11-8-14(9-11)17(15,16)6-3-10-1-4-13-5-2-10/h1-2,4-5,11H,3,6-9,12H2. The maximum absolute atomic E-state index is 11.9. The number of sulfonamides is 1. The smallest absolute Gasteiger partial charge is 0.214 e. The van der Waals surface area contributed by atoms with Gasteiger partial charge in [-0.25, -0.2) is 12.7 Å². The largest absolute Gasteiger partial charge is 0.330 e. The molecule has 0 aromatic carbocycles. The minimum atomic E-state index is -3.11. The van der Waals surface area contributed by atoms with E-state index in [9.17, 15) is 8.42 Å². The molecular formula is C11H17N3O2S. The van der Waals surface area contributed by atoms with E-state index in [4.69, 9.17) is 5.73 Å². The monoisotopic (exact) mass is 255 g/mol. The van der Waals surface area contributed by atoms with Crippen LogP contribution >= 0.6 is 0 Å². The van der Waals surface area contributed by atoms with Crippen molar-refractivity contribution in [3.63, 3.8) is 0 Å². The van der Waals surface area contributed by atoms with Crippen molar-refractivity contribution < 1.29 is 8.42 Å². The number of nitrogens with two attached hydrogens (primary N) is 1. The lowest BCUT2D eigenvalue weighted by atomic mass is 10.0. The van der Waals surface area contributed by atoms with Crippen molar-refractivity contribution >= 4 is 10.0 Å². The zero-order chi connectivity index (χ0) is 12.3. The summed E-state index contributed by atoms with van der Waals surface area (Å²) in [6.07, 6.45) is 3.89. The highest BCUT2D eigenvalue weighted by atomic mass is 32.2. The summed E-state index contributed by atoms with van der Waals surface area (Å²) < 4.78 is 25.4. The van der Waals surface area contributed by atoms with E-state index >= 15 is 0 Å². The van der Waals surface area contributed by atoms with Gasteiger partial charge in [0.05, 0.1) is 5.75 Å². The zero-order valence-corrected chi connectivity index (χ0v) is 10.4. The molecule has 2 rings (SSSR count). The Bertz CT molecular complexity index is 455. The summed E-state index contributed by atoms with van der Waals surface area (Å²) in [6.45, 7) is 1.72. The van der Waals surface area contributed by atoms with E-state index in [1.807, 2.05) is 12.1 Å². The molecule has 0 spiro atoms. The van der Waals surface area contributed by atoms with Crippen LogP contribution in [0.3, 0.4) is 0 Å². The highest BCUT2D eigenvalue weighted by molar-refractivity contribution is 7.89. The van der Waals surface area contributed by atoms with Crippen molar-refractivity contribution in [2.24, 2.45) is 11.7 Å². The van der Waals surface area contributed by atoms with Crippen LogP contribution in [0.25, 0.3) is 0 Å². The van der Waals surface area contributed by atoms with E-state index in [1.165, 1.54) is 4.31 Å². The van der Waals surface area contributed by atoms with Gasteiger partial charge in [0.25, 0.3) is 0 Å². The number of aryl methyl sites for hydroxylation is 1. The molecule has 0 unspecified atom stereocenters. The number of rotatable bonds is 5.